The largest absolute Gasteiger partial charge is 0.480 e. The van der Waals surface area contributed by atoms with Crippen molar-refractivity contribution < 1.29 is 9.90 Å². The molecule has 0 amide bonds. The molecule has 0 aliphatic carbocycles. The average Bonchev–Trinajstić information content (AvgIpc) is 2.39. The molecule has 0 saturated heterocycles. The lowest BCUT2D eigenvalue weighted by Crippen LogP contribution is -2.32. The van der Waals surface area contributed by atoms with E-state index in [2.05, 4.69) is 9.97 Å². The Hall–Kier alpha value is -1.86. The van der Waals surface area contributed by atoms with E-state index in [-0.39, 0.29) is 11.3 Å². The van der Waals surface area contributed by atoms with E-state index in [0.717, 1.165) is 0 Å². The number of aliphatic carboxylic acids is 1. The maximum atomic E-state index is 11.8. The molecule has 0 saturated carbocycles. The smallest absolute Gasteiger partial charge is 0.321 e. The third kappa shape index (κ3) is 3.33. The monoisotopic (exact) mass is 279 g/mol. The van der Waals surface area contributed by atoms with Crippen molar-refractivity contribution in [3.05, 3.63) is 40.3 Å². The fourth-order valence-corrected chi connectivity index (χ4v) is 2.42. The first kappa shape index (κ1) is 13.6. The highest BCUT2D eigenvalue weighted by Gasteiger charge is 2.12. The van der Waals surface area contributed by atoms with Crippen LogP contribution >= 0.6 is 11.8 Å². The summed E-state index contributed by atoms with van der Waals surface area (Å²) in [6, 6.07) is 6.32. The molecule has 1 aromatic carbocycles. The van der Waals surface area contributed by atoms with Crippen LogP contribution in [0.25, 0.3) is 11.0 Å². The van der Waals surface area contributed by atoms with Gasteiger partial charge in [0.05, 0.1) is 11.0 Å². The van der Waals surface area contributed by atoms with Gasteiger partial charge in [-0.3, -0.25) is 9.59 Å². The average molecular weight is 279 g/mol. The van der Waals surface area contributed by atoms with Gasteiger partial charge in [-0.1, -0.05) is 12.1 Å². The SMILES string of the molecule is N[C@H](CSCc1nc2ccccc2[nH]c1=O)C(=O)O. The number of H-pyrrole nitrogens is 1. The molecule has 0 bridgehead atoms. The zero-order valence-electron chi connectivity index (χ0n) is 10.00. The maximum Gasteiger partial charge on any atom is 0.321 e. The molecule has 0 fully saturated rings. The number of carbonyl (C=O) groups is 1. The van der Waals surface area contributed by atoms with Crippen LogP contribution in [-0.4, -0.2) is 32.8 Å². The van der Waals surface area contributed by atoms with Crippen LogP contribution < -0.4 is 11.3 Å². The maximum absolute atomic E-state index is 11.8. The number of nitrogens with one attached hydrogen (secondary N) is 1. The lowest BCUT2D eigenvalue weighted by molar-refractivity contribution is -0.137. The summed E-state index contributed by atoms with van der Waals surface area (Å²) in [5, 5.41) is 8.65. The molecule has 0 unspecified atom stereocenters. The first-order valence-corrected chi connectivity index (χ1v) is 6.77. The van der Waals surface area contributed by atoms with Crippen molar-refractivity contribution in [1.82, 2.24) is 9.97 Å². The van der Waals surface area contributed by atoms with Gasteiger partial charge in [0.2, 0.25) is 0 Å². The van der Waals surface area contributed by atoms with Gasteiger partial charge in [0, 0.05) is 11.5 Å². The number of carboxylic acids is 1. The van der Waals surface area contributed by atoms with Gasteiger partial charge in [0.1, 0.15) is 11.7 Å². The number of rotatable bonds is 5. The number of benzene rings is 1. The second-order valence-corrected chi connectivity index (χ2v) is 5.02. The number of aromatic nitrogens is 2. The molecule has 100 valence electrons. The molecule has 1 atom stereocenters. The number of nitrogens with zero attached hydrogens (tertiary/aromatic N) is 1. The van der Waals surface area contributed by atoms with Crippen molar-refractivity contribution in [2.45, 2.75) is 11.8 Å². The van der Waals surface area contributed by atoms with Crippen LogP contribution in [0.1, 0.15) is 5.69 Å². The van der Waals surface area contributed by atoms with Crippen LogP contribution in [0.3, 0.4) is 0 Å². The van der Waals surface area contributed by atoms with E-state index in [4.69, 9.17) is 10.8 Å². The molecule has 0 radical (unpaired) electrons. The Labute approximate surface area is 113 Å². The number of carboxylic acid groups (broad SMARTS) is 1. The second-order valence-electron chi connectivity index (χ2n) is 3.99. The second kappa shape index (κ2) is 5.85. The van der Waals surface area contributed by atoms with E-state index in [1.54, 1.807) is 6.07 Å². The van der Waals surface area contributed by atoms with Gasteiger partial charge in [-0.15, -0.1) is 0 Å². The molecule has 0 aliphatic heterocycles. The van der Waals surface area contributed by atoms with Crippen LogP contribution in [0.2, 0.25) is 0 Å². The molecule has 4 N–H and O–H groups in total. The van der Waals surface area contributed by atoms with Gasteiger partial charge >= 0.3 is 5.97 Å². The zero-order valence-corrected chi connectivity index (χ0v) is 10.8. The molecular formula is C12H13N3O3S. The number of thioether (sulfide) groups is 1. The van der Waals surface area contributed by atoms with Crippen LogP contribution in [0.15, 0.2) is 29.1 Å². The molecule has 1 heterocycles. The summed E-state index contributed by atoms with van der Waals surface area (Å²) in [5.74, 6) is -0.474. The third-order valence-electron chi connectivity index (χ3n) is 2.52. The summed E-state index contributed by atoms with van der Waals surface area (Å²) in [5.41, 5.74) is 6.90. The molecule has 2 aromatic rings. The van der Waals surface area contributed by atoms with Crippen molar-refractivity contribution in [2.75, 3.05) is 5.75 Å². The topological polar surface area (TPSA) is 109 Å². The Kier molecular flexibility index (Phi) is 4.18. The Morgan fingerprint density at radius 2 is 2.21 bits per heavy atom. The summed E-state index contributed by atoms with van der Waals surface area (Å²) in [6.07, 6.45) is 0. The van der Waals surface area contributed by atoms with Crippen molar-refractivity contribution in [1.29, 1.82) is 0 Å². The summed E-state index contributed by atoms with van der Waals surface area (Å²) in [4.78, 5) is 29.3. The van der Waals surface area contributed by atoms with E-state index in [1.165, 1.54) is 11.8 Å². The highest BCUT2D eigenvalue weighted by Crippen LogP contribution is 2.11. The van der Waals surface area contributed by atoms with Crippen LogP contribution in [0.5, 0.6) is 0 Å². The molecule has 6 nitrogen and oxygen atoms in total. The summed E-state index contributed by atoms with van der Waals surface area (Å²) < 4.78 is 0. The van der Waals surface area contributed by atoms with Crippen molar-refractivity contribution in [3.63, 3.8) is 0 Å². The molecule has 0 aliphatic rings. The first-order chi connectivity index (χ1) is 9.08. The van der Waals surface area contributed by atoms with Gasteiger partial charge in [-0.05, 0) is 12.1 Å². The lowest BCUT2D eigenvalue weighted by atomic mass is 10.3. The normalized spacial score (nSPS) is 12.5. The minimum atomic E-state index is -1.05. The molecule has 19 heavy (non-hydrogen) atoms. The number of hydrogen-bond acceptors (Lipinski definition) is 5. The van der Waals surface area contributed by atoms with Crippen molar-refractivity contribution >= 4 is 28.8 Å². The minimum Gasteiger partial charge on any atom is -0.480 e. The molecule has 0 spiro atoms. The predicted molar refractivity (Wildman–Crippen MR) is 74.1 cm³/mol. The number of hydrogen-bond donors (Lipinski definition) is 3. The summed E-state index contributed by atoms with van der Waals surface area (Å²) >= 11 is 1.28. The Bertz CT molecular complexity index is 656. The van der Waals surface area contributed by atoms with Gasteiger partial charge in [0.25, 0.3) is 5.56 Å². The van der Waals surface area contributed by atoms with Crippen LogP contribution in [0.4, 0.5) is 0 Å². The van der Waals surface area contributed by atoms with E-state index < -0.39 is 12.0 Å². The fourth-order valence-electron chi connectivity index (χ4n) is 1.52. The van der Waals surface area contributed by atoms with E-state index in [0.29, 0.717) is 22.5 Å². The molecule has 7 heteroatoms. The zero-order chi connectivity index (χ0) is 13.8. The van der Waals surface area contributed by atoms with Crippen LogP contribution in [-0.2, 0) is 10.5 Å². The lowest BCUT2D eigenvalue weighted by Gasteiger charge is -2.05. The quantitative estimate of drug-likeness (QED) is 0.738. The predicted octanol–water partition coefficient (Wildman–Crippen LogP) is 0.568. The van der Waals surface area contributed by atoms with Gasteiger partial charge in [-0.2, -0.15) is 11.8 Å². The highest BCUT2D eigenvalue weighted by molar-refractivity contribution is 7.98. The van der Waals surface area contributed by atoms with Crippen LogP contribution in [0, 0.1) is 0 Å². The summed E-state index contributed by atoms with van der Waals surface area (Å²) in [6.45, 7) is 0. The molecule has 1 aromatic heterocycles. The minimum absolute atomic E-state index is 0.239. The Morgan fingerprint density at radius 3 is 2.95 bits per heavy atom. The van der Waals surface area contributed by atoms with Crippen molar-refractivity contribution in [2.24, 2.45) is 5.73 Å². The number of fused-ring (bicyclic) bond motifs is 1. The van der Waals surface area contributed by atoms with Crippen molar-refractivity contribution in [3.8, 4) is 0 Å². The Morgan fingerprint density at radius 1 is 1.47 bits per heavy atom. The van der Waals surface area contributed by atoms with Gasteiger partial charge in [-0.25, -0.2) is 4.98 Å². The number of nitrogens with two attached hydrogens (primary N) is 1. The van der Waals surface area contributed by atoms with E-state index in [1.807, 2.05) is 18.2 Å². The first-order valence-electron chi connectivity index (χ1n) is 5.62. The number of para-hydroxylation sites is 2. The van der Waals surface area contributed by atoms with Gasteiger partial charge < -0.3 is 15.8 Å². The molecular weight excluding hydrogens is 266 g/mol. The van der Waals surface area contributed by atoms with E-state index >= 15 is 0 Å². The Balaban J connectivity index is 2.10. The standard InChI is InChI=1S/C12H13N3O3S/c13-7(12(17)18)5-19-6-10-11(16)15-9-4-2-1-3-8(9)14-10/h1-4,7H,5-6,13H2,(H,15,16)(H,17,18)/t7-/m1/s1. The number of aromatic amines is 1. The van der Waals surface area contributed by atoms with E-state index in [9.17, 15) is 9.59 Å². The fraction of sp³-hybridized carbons (Fsp3) is 0.250. The third-order valence-corrected chi connectivity index (χ3v) is 3.60. The highest BCUT2D eigenvalue weighted by atomic mass is 32.2. The van der Waals surface area contributed by atoms with Gasteiger partial charge in [0.15, 0.2) is 0 Å². The molecule has 2 rings (SSSR count). The summed E-state index contributed by atoms with van der Waals surface area (Å²) in [7, 11) is 0.